The van der Waals surface area contributed by atoms with Gasteiger partial charge in [0, 0.05) is 19.4 Å². The zero-order chi connectivity index (χ0) is 13.0. The molecule has 100 valence electrons. The minimum Gasteiger partial charge on any atom is -0.385 e. The van der Waals surface area contributed by atoms with Crippen LogP contribution < -0.4 is 5.32 Å². The molecular formula is C13H21N3O2. The highest BCUT2D eigenvalue weighted by atomic mass is 16.3. The molecule has 1 aromatic heterocycles. The van der Waals surface area contributed by atoms with Gasteiger partial charge in [0.1, 0.15) is 18.5 Å². The topological polar surface area (TPSA) is 67.2 Å². The highest BCUT2D eigenvalue weighted by Gasteiger charge is 2.26. The van der Waals surface area contributed by atoms with Crippen molar-refractivity contribution in [1.82, 2.24) is 14.9 Å². The Kier molecular flexibility index (Phi) is 4.36. The van der Waals surface area contributed by atoms with Crippen molar-refractivity contribution in [1.29, 1.82) is 0 Å². The van der Waals surface area contributed by atoms with E-state index in [9.17, 15) is 9.90 Å². The summed E-state index contributed by atoms with van der Waals surface area (Å²) in [5, 5.41) is 13.0. The lowest BCUT2D eigenvalue weighted by Crippen LogP contribution is -2.26. The molecule has 1 atom stereocenters. The molecule has 1 aliphatic carbocycles. The molecule has 0 aliphatic heterocycles. The molecule has 1 fully saturated rings. The third-order valence-electron chi connectivity index (χ3n) is 3.70. The van der Waals surface area contributed by atoms with E-state index >= 15 is 0 Å². The molecule has 0 saturated heterocycles. The molecule has 0 radical (unpaired) electrons. The third kappa shape index (κ3) is 2.90. The summed E-state index contributed by atoms with van der Waals surface area (Å²) >= 11 is 0. The Morgan fingerprint density at radius 2 is 2.28 bits per heavy atom. The van der Waals surface area contributed by atoms with Gasteiger partial charge in [-0.05, 0) is 18.8 Å². The molecular weight excluding hydrogens is 230 g/mol. The van der Waals surface area contributed by atoms with Gasteiger partial charge >= 0.3 is 0 Å². The number of hydrogen-bond acceptors (Lipinski definition) is 3. The first-order valence-corrected chi connectivity index (χ1v) is 6.62. The number of likely N-dealkylation sites (N-methyl/N-ethyl adjacent to an activating group) is 1. The molecule has 0 aromatic carbocycles. The standard InChI is InChI=1S/C13H21N3O2/c1-14-11(17)9-16-8-7-15-13(16)12(18)10-5-3-2-4-6-10/h7-8,10,12,18H,2-6,9H2,1H3,(H,14,17). The van der Waals surface area contributed by atoms with E-state index in [-0.39, 0.29) is 18.4 Å². The number of aliphatic hydroxyl groups is 1. The Bertz CT molecular complexity index is 397. The maximum absolute atomic E-state index is 11.4. The number of carbonyl (C=O) groups excluding carboxylic acids is 1. The molecule has 5 nitrogen and oxygen atoms in total. The molecule has 1 aliphatic rings. The van der Waals surface area contributed by atoms with Gasteiger partial charge in [0.15, 0.2) is 0 Å². The lowest BCUT2D eigenvalue weighted by Gasteiger charge is -2.26. The summed E-state index contributed by atoms with van der Waals surface area (Å²) < 4.78 is 1.73. The van der Waals surface area contributed by atoms with E-state index in [0.717, 1.165) is 12.8 Å². The average Bonchev–Trinajstić information content (AvgIpc) is 2.86. The summed E-state index contributed by atoms with van der Waals surface area (Å²) in [6, 6.07) is 0. The maximum Gasteiger partial charge on any atom is 0.239 e. The number of aliphatic hydroxyl groups excluding tert-OH is 1. The van der Waals surface area contributed by atoms with Crippen molar-refractivity contribution in [3.8, 4) is 0 Å². The van der Waals surface area contributed by atoms with Crippen molar-refractivity contribution >= 4 is 5.91 Å². The molecule has 1 saturated carbocycles. The Morgan fingerprint density at radius 1 is 1.56 bits per heavy atom. The van der Waals surface area contributed by atoms with Crippen molar-refractivity contribution in [3.05, 3.63) is 18.2 Å². The first-order valence-electron chi connectivity index (χ1n) is 6.62. The van der Waals surface area contributed by atoms with Crippen molar-refractivity contribution < 1.29 is 9.90 Å². The summed E-state index contributed by atoms with van der Waals surface area (Å²) in [6.07, 6.45) is 8.55. The highest BCUT2D eigenvalue weighted by molar-refractivity contribution is 5.75. The van der Waals surface area contributed by atoms with Crippen molar-refractivity contribution in [2.75, 3.05) is 7.05 Å². The minimum absolute atomic E-state index is 0.0786. The van der Waals surface area contributed by atoms with E-state index in [0.29, 0.717) is 5.82 Å². The van der Waals surface area contributed by atoms with Crippen molar-refractivity contribution in [2.45, 2.75) is 44.8 Å². The molecule has 1 heterocycles. The highest BCUT2D eigenvalue weighted by Crippen LogP contribution is 2.33. The first-order chi connectivity index (χ1) is 8.72. The van der Waals surface area contributed by atoms with E-state index in [1.165, 1.54) is 19.3 Å². The third-order valence-corrected chi connectivity index (χ3v) is 3.70. The van der Waals surface area contributed by atoms with E-state index in [1.54, 1.807) is 24.0 Å². The number of carbonyl (C=O) groups is 1. The quantitative estimate of drug-likeness (QED) is 0.846. The second-order valence-electron chi connectivity index (χ2n) is 4.93. The van der Waals surface area contributed by atoms with Crippen LogP contribution in [0.3, 0.4) is 0 Å². The molecule has 5 heteroatoms. The van der Waals surface area contributed by atoms with E-state index in [4.69, 9.17) is 0 Å². The van der Waals surface area contributed by atoms with Crippen molar-refractivity contribution in [3.63, 3.8) is 0 Å². The van der Waals surface area contributed by atoms with Crippen LogP contribution in [0.2, 0.25) is 0 Å². The summed E-state index contributed by atoms with van der Waals surface area (Å²) in [4.78, 5) is 15.6. The molecule has 2 N–H and O–H groups in total. The SMILES string of the molecule is CNC(=O)Cn1ccnc1C(O)C1CCCCC1. The molecule has 2 rings (SSSR count). The van der Waals surface area contributed by atoms with Gasteiger partial charge in [-0.3, -0.25) is 4.79 Å². The van der Waals surface area contributed by atoms with Gasteiger partial charge in [-0.15, -0.1) is 0 Å². The second kappa shape index (κ2) is 6.00. The lowest BCUT2D eigenvalue weighted by molar-refractivity contribution is -0.121. The predicted molar refractivity (Wildman–Crippen MR) is 67.8 cm³/mol. The van der Waals surface area contributed by atoms with Crippen LogP contribution in [-0.2, 0) is 11.3 Å². The van der Waals surface area contributed by atoms with Gasteiger partial charge in [-0.2, -0.15) is 0 Å². The first kappa shape index (κ1) is 13.1. The molecule has 1 aromatic rings. The van der Waals surface area contributed by atoms with Crippen LogP contribution in [0.5, 0.6) is 0 Å². The molecule has 18 heavy (non-hydrogen) atoms. The van der Waals surface area contributed by atoms with E-state index < -0.39 is 6.10 Å². The zero-order valence-corrected chi connectivity index (χ0v) is 10.8. The Hall–Kier alpha value is -1.36. The lowest BCUT2D eigenvalue weighted by atomic mass is 9.85. The van der Waals surface area contributed by atoms with Gasteiger partial charge in [0.2, 0.25) is 5.91 Å². The van der Waals surface area contributed by atoms with E-state index in [2.05, 4.69) is 10.3 Å². The normalized spacial score (nSPS) is 18.6. The van der Waals surface area contributed by atoms with Crippen LogP contribution in [-0.4, -0.2) is 27.6 Å². The Balaban J connectivity index is 2.07. The summed E-state index contributed by atoms with van der Waals surface area (Å²) in [6.45, 7) is 0.218. The number of rotatable bonds is 4. The Labute approximate surface area is 107 Å². The molecule has 1 amide bonds. The van der Waals surface area contributed by atoms with Crippen LogP contribution >= 0.6 is 0 Å². The summed E-state index contributed by atoms with van der Waals surface area (Å²) in [5.41, 5.74) is 0. The molecule has 0 spiro atoms. The number of amides is 1. The largest absolute Gasteiger partial charge is 0.385 e. The van der Waals surface area contributed by atoms with Gasteiger partial charge in [0.05, 0.1) is 0 Å². The molecule has 0 bridgehead atoms. The van der Waals surface area contributed by atoms with Crippen LogP contribution in [0.25, 0.3) is 0 Å². The van der Waals surface area contributed by atoms with Crippen LogP contribution in [0.15, 0.2) is 12.4 Å². The Morgan fingerprint density at radius 3 is 2.94 bits per heavy atom. The summed E-state index contributed by atoms with van der Waals surface area (Å²) in [5.74, 6) is 0.820. The fourth-order valence-corrected chi connectivity index (χ4v) is 2.62. The number of hydrogen-bond donors (Lipinski definition) is 2. The summed E-state index contributed by atoms with van der Waals surface area (Å²) in [7, 11) is 1.61. The van der Waals surface area contributed by atoms with Crippen LogP contribution in [0.4, 0.5) is 0 Å². The van der Waals surface area contributed by atoms with Gasteiger partial charge in [-0.1, -0.05) is 19.3 Å². The smallest absolute Gasteiger partial charge is 0.239 e. The van der Waals surface area contributed by atoms with Gasteiger partial charge < -0.3 is 15.0 Å². The van der Waals surface area contributed by atoms with Crippen LogP contribution in [0.1, 0.15) is 44.0 Å². The van der Waals surface area contributed by atoms with Crippen LogP contribution in [0, 0.1) is 5.92 Å². The van der Waals surface area contributed by atoms with Gasteiger partial charge in [-0.25, -0.2) is 4.98 Å². The zero-order valence-electron chi connectivity index (χ0n) is 10.8. The molecule has 1 unspecified atom stereocenters. The predicted octanol–water partition coefficient (Wildman–Crippen LogP) is 1.24. The number of imidazole rings is 1. The maximum atomic E-state index is 11.4. The van der Waals surface area contributed by atoms with E-state index in [1.807, 2.05) is 0 Å². The van der Waals surface area contributed by atoms with Crippen molar-refractivity contribution in [2.24, 2.45) is 5.92 Å². The number of nitrogens with one attached hydrogen (secondary N) is 1. The fraction of sp³-hybridized carbons (Fsp3) is 0.692. The number of aromatic nitrogens is 2. The average molecular weight is 251 g/mol. The minimum atomic E-state index is -0.551. The second-order valence-corrected chi connectivity index (χ2v) is 4.93. The fourth-order valence-electron chi connectivity index (χ4n) is 2.62. The number of nitrogens with zero attached hydrogens (tertiary/aromatic N) is 2. The van der Waals surface area contributed by atoms with Gasteiger partial charge in [0.25, 0.3) is 0 Å². The monoisotopic (exact) mass is 251 g/mol.